The molecule has 0 heterocycles. The van der Waals surface area contributed by atoms with E-state index < -0.39 is 18.7 Å². The van der Waals surface area contributed by atoms with Crippen LogP contribution >= 0.6 is 0 Å². The van der Waals surface area contributed by atoms with Crippen LogP contribution in [0.2, 0.25) is 0 Å². The third-order valence-electron chi connectivity index (χ3n) is 0.981. The maximum Gasteiger partial charge on any atom is 0.333 e. The molecule has 0 atom stereocenters. The molecule has 72 valence electrons. The van der Waals surface area contributed by atoms with Gasteiger partial charge in [-0.25, -0.2) is 4.79 Å². The lowest BCUT2D eigenvalue weighted by Gasteiger charge is -2.02. The highest BCUT2D eigenvalue weighted by Crippen LogP contribution is 1.89. The Kier molecular flexibility index (Phi) is 5.18. The highest BCUT2D eigenvalue weighted by Gasteiger charge is 2.06. The number of carbonyl (C=O) groups excluding carboxylic acids is 3. The van der Waals surface area contributed by atoms with Gasteiger partial charge in [0.25, 0.3) is 0 Å². The van der Waals surface area contributed by atoms with Crippen molar-refractivity contribution in [3.63, 3.8) is 0 Å². The standard InChI is InChI=1S/C8H10O5/c1-3-7(10)12-5-13-8(11)4-6(2)9/h3H,1,4-5H2,2H3. The van der Waals surface area contributed by atoms with E-state index in [4.69, 9.17) is 0 Å². The number of Topliss-reactive ketones (excluding diaryl/α,β-unsaturated/α-hetero) is 1. The average molecular weight is 186 g/mol. The van der Waals surface area contributed by atoms with Crippen LogP contribution in [0, 0.1) is 0 Å². The van der Waals surface area contributed by atoms with Crippen molar-refractivity contribution >= 4 is 17.7 Å². The highest BCUT2D eigenvalue weighted by atomic mass is 16.7. The Morgan fingerprint density at radius 1 is 1.31 bits per heavy atom. The molecule has 5 heteroatoms. The first-order valence-corrected chi connectivity index (χ1v) is 3.50. The van der Waals surface area contributed by atoms with Crippen molar-refractivity contribution < 1.29 is 23.9 Å². The number of ether oxygens (including phenoxy) is 2. The molecule has 0 saturated heterocycles. The van der Waals surface area contributed by atoms with Crippen LogP contribution < -0.4 is 0 Å². The van der Waals surface area contributed by atoms with E-state index in [0.717, 1.165) is 6.08 Å². The fraction of sp³-hybridized carbons (Fsp3) is 0.375. The molecule has 0 aliphatic carbocycles. The molecule has 0 spiro atoms. The van der Waals surface area contributed by atoms with E-state index in [2.05, 4.69) is 16.1 Å². The molecular weight excluding hydrogens is 176 g/mol. The fourth-order valence-electron chi connectivity index (χ4n) is 0.466. The summed E-state index contributed by atoms with van der Waals surface area (Å²) >= 11 is 0. The SMILES string of the molecule is C=CC(=O)OCOC(=O)CC(C)=O. The van der Waals surface area contributed by atoms with Crippen molar-refractivity contribution in [3.8, 4) is 0 Å². The second-order valence-electron chi connectivity index (χ2n) is 2.18. The first-order valence-electron chi connectivity index (χ1n) is 3.50. The molecule has 0 bridgehead atoms. The van der Waals surface area contributed by atoms with Crippen LogP contribution in [0.15, 0.2) is 12.7 Å². The number of hydrogen-bond acceptors (Lipinski definition) is 5. The number of carbonyl (C=O) groups is 3. The third-order valence-corrected chi connectivity index (χ3v) is 0.981. The van der Waals surface area contributed by atoms with Gasteiger partial charge in [-0.15, -0.1) is 0 Å². The summed E-state index contributed by atoms with van der Waals surface area (Å²) in [7, 11) is 0. The van der Waals surface area contributed by atoms with Crippen molar-refractivity contribution in [1.29, 1.82) is 0 Å². The molecule has 0 unspecified atom stereocenters. The lowest BCUT2D eigenvalue weighted by molar-refractivity contribution is -0.164. The van der Waals surface area contributed by atoms with Crippen LogP contribution in [0.25, 0.3) is 0 Å². The normalized spacial score (nSPS) is 8.69. The van der Waals surface area contributed by atoms with Crippen molar-refractivity contribution in [3.05, 3.63) is 12.7 Å². The van der Waals surface area contributed by atoms with Crippen LogP contribution in [-0.2, 0) is 23.9 Å². The van der Waals surface area contributed by atoms with Crippen molar-refractivity contribution in [2.24, 2.45) is 0 Å². The minimum Gasteiger partial charge on any atom is -0.428 e. The Morgan fingerprint density at radius 2 is 1.92 bits per heavy atom. The molecule has 0 saturated carbocycles. The summed E-state index contributed by atoms with van der Waals surface area (Å²) < 4.78 is 8.71. The van der Waals surface area contributed by atoms with Gasteiger partial charge in [0.1, 0.15) is 12.2 Å². The van der Waals surface area contributed by atoms with Gasteiger partial charge in [0, 0.05) is 6.08 Å². The van der Waals surface area contributed by atoms with Gasteiger partial charge < -0.3 is 9.47 Å². The van der Waals surface area contributed by atoms with Gasteiger partial charge in [-0.2, -0.15) is 0 Å². The second-order valence-corrected chi connectivity index (χ2v) is 2.18. The lowest BCUT2D eigenvalue weighted by Crippen LogP contribution is -2.13. The van der Waals surface area contributed by atoms with Gasteiger partial charge in [0.05, 0.1) is 0 Å². The summed E-state index contributed by atoms with van der Waals surface area (Å²) in [5.74, 6) is -1.71. The Bertz CT molecular complexity index is 231. The monoisotopic (exact) mass is 186 g/mol. The van der Waals surface area contributed by atoms with Crippen LogP contribution in [0.1, 0.15) is 13.3 Å². The molecule has 0 aliphatic rings. The zero-order chi connectivity index (χ0) is 10.3. The van der Waals surface area contributed by atoms with Crippen LogP contribution in [0.4, 0.5) is 0 Å². The fourth-order valence-corrected chi connectivity index (χ4v) is 0.466. The number of hydrogen-bond donors (Lipinski definition) is 0. The molecule has 0 N–H and O–H groups in total. The Labute approximate surface area is 75.3 Å². The summed E-state index contributed by atoms with van der Waals surface area (Å²) in [4.78, 5) is 31.5. The summed E-state index contributed by atoms with van der Waals surface area (Å²) in [6.45, 7) is 3.91. The quantitative estimate of drug-likeness (QED) is 0.265. The van der Waals surface area contributed by atoms with E-state index in [1.165, 1.54) is 6.92 Å². The first kappa shape index (κ1) is 11.4. The molecule has 0 aromatic rings. The molecule has 0 fully saturated rings. The summed E-state index contributed by atoms with van der Waals surface area (Å²) in [5, 5.41) is 0. The van der Waals surface area contributed by atoms with E-state index in [1.807, 2.05) is 0 Å². The zero-order valence-electron chi connectivity index (χ0n) is 7.24. The van der Waals surface area contributed by atoms with Gasteiger partial charge in [-0.05, 0) is 6.92 Å². The van der Waals surface area contributed by atoms with E-state index in [1.54, 1.807) is 0 Å². The molecule has 0 radical (unpaired) electrons. The molecule has 0 amide bonds. The van der Waals surface area contributed by atoms with Crippen molar-refractivity contribution in [1.82, 2.24) is 0 Å². The van der Waals surface area contributed by atoms with Crippen LogP contribution in [0.5, 0.6) is 0 Å². The van der Waals surface area contributed by atoms with E-state index in [0.29, 0.717) is 0 Å². The van der Waals surface area contributed by atoms with Gasteiger partial charge in [-0.3, -0.25) is 9.59 Å². The molecule has 0 aromatic heterocycles. The molecule has 13 heavy (non-hydrogen) atoms. The summed E-state index contributed by atoms with van der Waals surface area (Å²) in [6.07, 6.45) is 0.629. The largest absolute Gasteiger partial charge is 0.428 e. The van der Waals surface area contributed by atoms with E-state index >= 15 is 0 Å². The Hall–Kier alpha value is -1.65. The maximum absolute atomic E-state index is 10.7. The molecule has 0 rings (SSSR count). The second kappa shape index (κ2) is 5.93. The van der Waals surface area contributed by atoms with Gasteiger partial charge in [0.15, 0.2) is 0 Å². The van der Waals surface area contributed by atoms with E-state index in [-0.39, 0.29) is 12.2 Å². The number of rotatable bonds is 5. The Morgan fingerprint density at radius 3 is 2.38 bits per heavy atom. The minimum atomic E-state index is -0.718. The van der Waals surface area contributed by atoms with E-state index in [9.17, 15) is 14.4 Å². The lowest BCUT2D eigenvalue weighted by atomic mass is 10.3. The minimum absolute atomic E-state index is 0.306. The van der Waals surface area contributed by atoms with Crippen LogP contribution in [-0.4, -0.2) is 24.5 Å². The van der Waals surface area contributed by atoms with Gasteiger partial charge in [0.2, 0.25) is 6.79 Å². The highest BCUT2D eigenvalue weighted by molar-refractivity contribution is 5.94. The number of esters is 2. The summed E-state index contributed by atoms with van der Waals surface area (Å²) in [5.41, 5.74) is 0. The predicted molar refractivity (Wildman–Crippen MR) is 42.5 cm³/mol. The summed E-state index contributed by atoms with van der Waals surface area (Å²) in [6, 6.07) is 0. The molecule has 0 aliphatic heterocycles. The van der Waals surface area contributed by atoms with Crippen LogP contribution in [0.3, 0.4) is 0 Å². The van der Waals surface area contributed by atoms with Gasteiger partial charge >= 0.3 is 11.9 Å². The van der Waals surface area contributed by atoms with Crippen molar-refractivity contribution in [2.75, 3.05) is 6.79 Å². The predicted octanol–water partition coefficient (Wildman–Crippen LogP) is 0.195. The Balaban J connectivity index is 3.53. The maximum atomic E-state index is 10.7. The zero-order valence-corrected chi connectivity index (χ0v) is 7.24. The van der Waals surface area contributed by atoms with Gasteiger partial charge in [-0.1, -0.05) is 6.58 Å². The van der Waals surface area contributed by atoms with Crippen molar-refractivity contribution in [2.45, 2.75) is 13.3 Å². The first-order chi connectivity index (χ1) is 6.06. The smallest absolute Gasteiger partial charge is 0.333 e. The topological polar surface area (TPSA) is 69.7 Å². The molecule has 0 aromatic carbocycles. The average Bonchev–Trinajstić information content (AvgIpc) is 2.02. The third kappa shape index (κ3) is 6.74. The molecular formula is C8H10O5. The number of ketones is 1. The molecule has 5 nitrogen and oxygen atoms in total.